The van der Waals surface area contributed by atoms with Gasteiger partial charge in [-0.25, -0.2) is 23.7 Å². The van der Waals surface area contributed by atoms with Gasteiger partial charge in [-0.05, 0) is 12.1 Å². The Kier molecular flexibility index (Phi) is 5.15. The highest BCUT2D eigenvalue weighted by atomic mass is 19.3. The first kappa shape index (κ1) is 19.9. The van der Waals surface area contributed by atoms with Gasteiger partial charge in [0.05, 0.1) is 42.3 Å². The Morgan fingerprint density at radius 3 is 2.41 bits per heavy atom. The molecule has 0 bridgehead atoms. The van der Waals surface area contributed by atoms with Crippen LogP contribution in [0.25, 0.3) is 17.0 Å². The van der Waals surface area contributed by atoms with Crippen LogP contribution in [-0.2, 0) is 4.74 Å². The molecule has 11 nitrogen and oxygen atoms in total. The number of nitrogens with one attached hydrogen (secondary N) is 1. The Bertz CT molecular complexity index is 1240. The molecule has 164 valence electrons. The lowest BCUT2D eigenvalue weighted by molar-refractivity contribution is 0.122. The molecule has 32 heavy (non-hydrogen) atoms. The Labute approximate surface area is 180 Å². The average Bonchev–Trinajstić information content (AvgIpc) is 3.21. The molecule has 0 unspecified atom stereocenters. The number of nitrogens with zero attached hydrogens (tertiary/aromatic N) is 8. The van der Waals surface area contributed by atoms with Crippen molar-refractivity contribution >= 4 is 34.6 Å². The molecule has 5 rings (SSSR count). The van der Waals surface area contributed by atoms with Gasteiger partial charge in [-0.3, -0.25) is 9.88 Å². The summed E-state index contributed by atoms with van der Waals surface area (Å²) >= 11 is 0. The van der Waals surface area contributed by atoms with Gasteiger partial charge >= 0.3 is 0 Å². The Morgan fingerprint density at radius 2 is 1.66 bits per heavy atom. The summed E-state index contributed by atoms with van der Waals surface area (Å²) in [6.07, 6.45) is 0.0276. The first-order chi connectivity index (χ1) is 15.6. The molecule has 0 saturated carbocycles. The first-order valence-electron chi connectivity index (χ1n) is 9.78. The Hall–Kier alpha value is -4.00. The number of para-hydroxylation sites is 2. The van der Waals surface area contributed by atoms with Crippen LogP contribution in [0.1, 0.15) is 12.2 Å². The fourth-order valence-electron chi connectivity index (χ4n) is 3.32. The predicted molar refractivity (Wildman–Crippen MR) is 112 cm³/mol. The number of imidazole rings is 1. The Morgan fingerprint density at radius 1 is 0.938 bits per heavy atom. The molecule has 0 aliphatic carbocycles. The van der Waals surface area contributed by atoms with Crippen molar-refractivity contribution in [2.45, 2.75) is 6.43 Å². The van der Waals surface area contributed by atoms with Crippen molar-refractivity contribution in [3.63, 3.8) is 0 Å². The number of morpholine rings is 1. The van der Waals surface area contributed by atoms with Gasteiger partial charge in [0.2, 0.25) is 23.8 Å². The van der Waals surface area contributed by atoms with Crippen molar-refractivity contribution in [3.05, 3.63) is 42.5 Å². The average molecular weight is 440 g/mol. The van der Waals surface area contributed by atoms with Crippen LogP contribution in [0.3, 0.4) is 0 Å². The molecule has 1 aromatic carbocycles. The summed E-state index contributed by atoms with van der Waals surface area (Å²) in [5.41, 5.74) is 6.89. The summed E-state index contributed by atoms with van der Waals surface area (Å²) in [6, 6.07) is 6.81. The summed E-state index contributed by atoms with van der Waals surface area (Å²) in [5, 5.41) is 2.89. The van der Waals surface area contributed by atoms with Crippen LogP contribution in [-0.4, -0.2) is 60.8 Å². The number of anilines is 4. The first-order valence-corrected chi connectivity index (χ1v) is 9.78. The Balaban J connectivity index is 1.65. The van der Waals surface area contributed by atoms with Crippen LogP contribution in [0, 0.1) is 0 Å². The number of hydrogen-bond acceptors (Lipinski definition) is 10. The van der Waals surface area contributed by atoms with E-state index in [1.165, 1.54) is 17.0 Å². The molecular formula is C19H18F2N10O. The van der Waals surface area contributed by atoms with Crippen molar-refractivity contribution in [1.82, 2.24) is 34.5 Å². The highest BCUT2D eigenvalue weighted by molar-refractivity contribution is 5.77. The molecule has 3 aromatic heterocycles. The SMILES string of the molecule is Nc1cnc(Nc2nc(N3CCOCC3)nc(-n3c(C(F)F)nc4ccccc43)n2)nc1. The molecule has 1 aliphatic heterocycles. The van der Waals surface area contributed by atoms with Gasteiger partial charge < -0.3 is 15.4 Å². The van der Waals surface area contributed by atoms with E-state index in [0.29, 0.717) is 49.0 Å². The van der Waals surface area contributed by atoms with E-state index in [-0.39, 0.29) is 17.8 Å². The minimum Gasteiger partial charge on any atom is -0.396 e. The van der Waals surface area contributed by atoms with E-state index in [1.807, 2.05) is 4.90 Å². The number of halogens is 2. The van der Waals surface area contributed by atoms with Crippen LogP contribution < -0.4 is 16.0 Å². The number of nitrogens with two attached hydrogens (primary N) is 1. The molecule has 0 radical (unpaired) electrons. The quantitative estimate of drug-likeness (QED) is 0.475. The van der Waals surface area contributed by atoms with Gasteiger partial charge in [0.1, 0.15) is 0 Å². The van der Waals surface area contributed by atoms with Gasteiger partial charge in [0.25, 0.3) is 6.43 Å². The second kappa shape index (κ2) is 8.26. The molecule has 4 aromatic rings. The van der Waals surface area contributed by atoms with Crippen LogP contribution >= 0.6 is 0 Å². The van der Waals surface area contributed by atoms with Gasteiger partial charge in [-0.2, -0.15) is 15.0 Å². The summed E-state index contributed by atoms with van der Waals surface area (Å²) < 4.78 is 34.4. The molecule has 1 fully saturated rings. The number of alkyl halides is 2. The van der Waals surface area contributed by atoms with E-state index in [1.54, 1.807) is 24.3 Å². The van der Waals surface area contributed by atoms with Gasteiger partial charge in [0.15, 0.2) is 5.82 Å². The second-order valence-electron chi connectivity index (χ2n) is 6.92. The third-order valence-corrected chi connectivity index (χ3v) is 4.78. The summed E-state index contributed by atoms with van der Waals surface area (Å²) in [5.74, 6) is 0.158. The smallest absolute Gasteiger partial charge is 0.296 e. The topological polar surface area (TPSA) is 133 Å². The lowest BCUT2D eigenvalue weighted by Crippen LogP contribution is -2.37. The highest BCUT2D eigenvalue weighted by Gasteiger charge is 2.24. The maximum Gasteiger partial charge on any atom is 0.296 e. The van der Waals surface area contributed by atoms with E-state index in [4.69, 9.17) is 10.5 Å². The third-order valence-electron chi connectivity index (χ3n) is 4.78. The number of fused-ring (bicyclic) bond motifs is 1. The van der Waals surface area contributed by atoms with Crippen LogP contribution in [0.5, 0.6) is 0 Å². The standard InChI is InChI=1S/C19H18F2N10O/c20-14(21)15-25-12-3-1-2-4-13(12)31(15)19-28-17(26-16-23-9-11(22)10-24-16)27-18(29-19)30-5-7-32-8-6-30/h1-4,9-10,14H,5-8,22H2,(H,23,24,26,27,28,29). The second-order valence-corrected chi connectivity index (χ2v) is 6.92. The zero-order chi connectivity index (χ0) is 22.1. The monoisotopic (exact) mass is 440 g/mol. The number of nitrogen functional groups attached to an aromatic ring is 1. The zero-order valence-electron chi connectivity index (χ0n) is 16.7. The number of hydrogen-bond donors (Lipinski definition) is 2. The van der Waals surface area contributed by atoms with Crippen molar-refractivity contribution in [1.29, 1.82) is 0 Å². The minimum absolute atomic E-state index is 0.00318. The molecule has 1 saturated heterocycles. The van der Waals surface area contributed by atoms with Crippen LogP contribution in [0.4, 0.5) is 32.3 Å². The summed E-state index contributed by atoms with van der Waals surface area (Å²) in [4.78, 5) is 27.4. The molecule has 13 heteroatoms. The molecule has 3 N–H and O–H groups in total. The summed E-state index contributed by atoms with van der Waals surface area (Å²) in [6.45, 7) is 2.10. The van der Waals surface area contributed by atoms with Gasteiger partial charge in [-0.1, -0.05) is 12.1 Å². The zero-order valence-corrected chi connectivity index (χ0v) is 16.7. The van der Waals surface area contributed by atoms with E-state index in [9.17, 15) is 8.78 Å². The normalized spacial score (nSPS) is 14.3. The highest BCUT2D eigenvalue weighted by Crippen LogP contribution is 2.28. The van der Waals surface area contributed by atoms with Crippen LogP contribution in [0.2, 0.25) is 0 Å². The number of benzene rings is 1. The lowest BCUT2D eigenvalue weighted by Gasteiger charge is -2.27. The van der Waals surface area contributed by atoms with Crippen molar-refractivity contribution in [2.75, 3.05) is 42.3 Å². The van der Waals surface area contributed by atoms with Gasteiger partial charge in [-0.15, -0.1) is 0 Å². The van der Waals surface area contributed by atoms with E-state index in [2.05, 4.69) is 35.2 Å². The molecule has 4 heterocycles. The molecule has 0 atom stereocenters. The largest absolute Gasteiger partial charge is 0.396 e. The van der Waals surface area contributed by atoms with E-state index >= 15 is 0 Å². The number of ether oxygens (including phenoxy) is 1. The maximum absolute atomic E-state index is 13.9. The molecule has 0 spiro atoms. The number of aromatic nitrogens is 7. The molecular weight excluding hydrogens is 422 g/mol. The fraction of sp³-hybridized carbons (Fsp3) is 0.263. The number of rotatable bonds is 5. The molecule has 0 amide bonds. The molecule has 1 aliphatic rings. The maximum atomic E-state index is 13.9. The van der Waals surface area contributed by atoms with E-state index in [0.717, 1.165) is 0 Å². The van der Waals surface area contributed by atoms with Crippen LogP contribution in [0.15, 0.2) is 36.7 Å². The van der Waals surface area contributed by atoms with Crippen molar-refractivity contribution < 1.29 is 13.5 Å². The lowest BCUT2D eigenvalue weighted by atomic mass is 10.3. The predicted octanol–water partition coefficient (Wildman–Crippen LogP) is 2.10. The van der Waals surface area contributed by atoms with E-state index < -0.39 is 12.2 Å². The summed E-state index contributed by atoms with van der Waals surface area (Å²) in [7, 11) is 0. The third kappa shape index (κ3) is 3.85. The van der Waals surface area contributed by atoms with Crippen molar-refractivity contribution in [2.24, 2.45) is 0 Å². The van der Waals surface area contributed by atoms with Gasteiger partial charge in [0, 0.05) is 13.1 Å². The van der Waals surface area contributed by atoms with Crippen molar-refractivity contribution in [3.8, 4) is 5.95 Å². The fourth-order valence-corrected chi connectivity index (χ4v) is 3.32. The minimum atomic E-state index is -2.83.